The quantitative estimate of drug-likeness (QED) is 0.499. The fourth-order valence-corrected chi connectivity index (χ4v) is 2.63. The second-order valence-corrected chi connectivity index (χ2v) is 5.31. The first-order valence-electron chi connectivity index (χ1n) is 6.85. The van der Waals surface area contributed by atoms with Gasteiger partial charge in [0.1, 0.15) is 0 Å². The molecule has 0 spiro atoms. The highest BCUT2D eigenvalue weighted by atomic mass is 16.6. The molecule has 1 aliphatic rings. The highest BCUT2D eigenvalue weighted by Gasteiger charge is 2.21. The van der Waals surface area contributed by atoms with Crippen LogP contribution >= 0.6 is 0 Å². The van der Waals surface area contributed by atoms with Crippen LogP contribution < -0.4 is 11.1 Å². The Morgan fingerprint density at radius 3 is 2.79 bits per heavy atom. The Hall–Kier alpha value is -1.62. The molecule has 0 aromatic heterocycles. The summed E-state index contributed by atoms with van der Waals surface area (Å²) in [4.78, 5) is 10.6. The monoisotopic (exact) mass is 263 g/mol. The zero-order chi connectivity index (χ0) is 13.8. The van der Waals surface area contributed by atoms with Gasteiger partial charge in [-0.1, -0.05) is 25.3 Å². The maximum Gasteiger partial charge on any atom is 0.274 e. The van der Waals surface area contributed by atoms with Crippen LogP contribution in [0.2, 0.25) is 0 Å². The number of aryl methyl sites for hydroxylation is 1. The summed E-state index contributed by atoms with van der Waals surface area (Å²) in [5, 5.41) is 14.3. The number of nitro groups is 1. The molecule has 5 nitrogen and oxygen atoms in total. The Labute approximate surface area is 113 Å². The molecule has 2 atom stereocenters. The third kappa shape index (κ3) is 3.44. The standard InChI is InChI=1S/C14H21N3O2/c1-10-7-8-11(9-14(10)17(18)19)16-13-6-4-2-3-5-12(13)15/h7-9,12-13,16H,2-6,15H2,1H3. The number of benzene rings is 1. The highest BCUT2D eigenvalue weighted by molar-refractivity contribution is 5.55. The van der Waals surface area contributed by atoms with Crippen LogP contribution in [0.1, 0.15) is 37.7 Å². The SMILES string of the molecule is Cc1ccc(NC2CCCCCC2N)cc1[N+](=O)[O-]. The molecule has 3 N–H and O–H groups in total. The van der Waals surface area contributed by atoms with Crippen molar-refractivity contribution < 1.29 is 4.92 Å². The van der Waals surface area contributed by atoms with Crippen molar-refractivity contribution in [3.63, 3.8) is 0 Å². The molecule has 0 amide bonds. The van der Waals surface area contributed by atoms with Gasteiger partial charge in [0.25, 0.3) is 5.69 Å². The topological polar surface area (TPSA) is 81.2 Å². The van der Waals surface area contributed by atoms with Gasteiger partial charge in [0.2, 0.25) is 0 Å². The Morgan fingerprint density at radius 2 is 2.05 bits per heavy atom. The van der Waals surface area contributed by atoms with Gasteiger partial charge in [-0.15, -0.1) is 0 Å². The lowest BCUT2D eigenvalue weighted by Gasteiger charge is -2.23. The van der Waals surface area contributed by atoms with E-state index in [9.17, 15) is 10.1 Å². The van der Waals surface area contributed by atoms with Gasteiger partial charge in [0.15, 0.2) is 0 Å². The predicted molar refractivity (Wildman–Crippen MR) is 76.3 cm³/mol. The molecule has 2 rings (SSSR count). The van der Waals surface area contributed by atoms with Crippen molar-refractivity contribution in [3.8, 4) is 0 Å². The van der Waals surface area contributed by atoms with Crippen molar-refractivity contribution in [1.82, 2.24) is 0 Å². The summed E-state index contributed by atoms with van der Waals surface area (Å²) in [5.41, 5.74) is 7.79. The molecule has 1 fully saturated rings. The predicted octanol–water partition coefficient (Wildman–Crippen LogP) is 2.98. The van der Waals surface area contributed by atoms with Gasteiger partial charge in [-0.05, 0) is 25.8 Å². The molecule has 104 valence electrons. The summed E-state index contributed by atoms with van der Waals surface area (Å²) >= 11 is 0. The van der Waals surface area contributed by atoms with Gasteiger partial charge in [-0.2, -0.15) is 0 Å². The number of nitrogens with one attached hydrogen (secondary N) is 1. The van der Waals surface area contributed by atoms with E-state index in [4.69, 9.17) is 5.73 Å². The summed E-state index contributed by atoms with van der Waals surface area (Å²) in [6.07, 6.45) is 5.61. The molecular weight excluding hydrogens is 242 g/mol. The minimum Gasteiger partial charge on any atom is -0.381 e. The van der Waals surface area contributed by atoms with E-state index >= 15 is 0 Å². The van der Waals surface area contributed by atoms with Gasteiger partial charge in [-0.25, -0.2) is 0 Å². The zero-order valence-corrected chi connectivity index (χ0v) is 11.3. The van der Waals surface area contributed by atoms with Gasteiger partial charge in [0, 0.05) is 29.4 Å². The van der Waals surface area contributed by atoms with Gasteiger partial charge in [0.05, 0.1) is 4.92 Å². The molecule has 0 bridgehead atoms. The molecule has 0 saturated heterocycles. The molecule has 1 aromatic carbocycles. The van der Waals surface area contributed by atoms with E-state index in [1.165, 1.54) is 19.3 Å². The van der Waals surface area contributed by atoms with Gasteiger partial charge in [-0.3, -0.25) is 10.1 Å². The number of nitro benzene ring substituents is 1. The smallest absolute Gasteiger partial charge is 0.274 e. The molecule has 5 heteroatoms. The van der Waals surface area contributed by atoms with Crippen molar-refractivity contribution in [2.24, 2.45) is 5.73 Å². The third-order valence-electron chi connectivity index (χ3n) is 3.83. The molecule has 0 aliphatic heterocycles. The lowest BCUT2D eigenvalue weighted by molar-refractivity contribution is -0.385. The van der Waals surface area contributed by atoms with Crippen LogP contribution in [0.4, 0.5) is 11.4 Å². The minimum absolute atomic E-state index is 0.128. The fraction of sp³-hybridized carbons (Fsp3) is 0.571. The van der Waals surface area contributed by atoms with Crippen molar-refractivity contribution in [2.75, 3.05) is 5.32 Å². The summed E-state index contributed by atoms with van der Waals surface area (Å²) in [7, 11) is 0. The van der Waals surface area contributed by atoms with E-state index < -0.39 is 0 Å². The Bertz CT molecular complexity index is 462. The van der Waals surface area contributed by atoms with Crippen LogP contribution in [0.5, 0.6) is 0 Å². The fourth-order valence-electron chi connectivity index (χ4n) is 2.63. The number of hydrogen-bond donors (Lipinski definition) is 2. The van der Waals surface area contributed by atoms with Crippen molar-refractivity contribution in [3.05, 3.63) is 33.9 Å². The highest BCUT2D eigenvalue weighted by Crippen LogP contribution is 2.25. The third-order valence-corrected chi connectivity index (χ3v) is 3.83. The van der Waals surface area contributed by atoms with Crippen molar-refractivity contribution in [1.29, 1.82) is 0 Å². The second kappa shape index (κ2) is 6.02. The number of hydrogen-bond acceptors (Lipinski definition) is 4. The van der Waals surface area contributed by atoms with Crippen molar-refractivity contribution in [2.45, 2.75) is 51.1 Å². The van der Waals surface area contributed by atoms with Crippen molar-refractivity contribution >= 4 is 11.4 Å². The first kappa shape index (κ1) is 13.8. The average Bonchev–Trinajstić information content (AvgIpc) is 2.57. The van der Waals surface area contributed by atoms with Crippen LogP contribution in [0.3, 0.4) is 0 Å². The zero-order valence-electron chi connectivity index (χ0n) is 11.3. The van der Waals surface area contributed by atoms with Crippen LogP contribution in [0.15, 0.2) is 18.2 Å². The molecule has 2 unspecified atom stereocenters. The molecule has 1 aliphatic carbocycles. The van der Waals surface area contributed by atoms with E-state index in [1.54, 1.807) is 19.1 Å². The molecular formula is C14H21N3O2. The van der Waals surface area contributed by atoms with E-state index in [2.05, 4.69) is 5.32 Å². The molecule has 1 aromatic rings. The number of anilines is 1. The summed E-state index contributed by atoms with van der Waals surface area (Å²) in [6.45, 7) is 1.75. The number of nitrogens with two attached hydrogens (primary N) is 1. The number of nitrogens with zero attached hydrogens (tertiary/aromatic N) is 1. The van der Waals surface area contributed by atoms with Crippen LogP contribution in [0.25, 0.3) is 0 Å². The summed E-state index contributed by atoms with van der Waals surface area (Å²) < 4.78 is 0. The largest absolute Gasteiger partial charge is 0.381 e. The first-order chi connectivity index (χ1) is 9.08. The Kier molecular flexibility index (Phi) is 4.37. The van der Waals surface area contributed by atoms with Crippen LogP contribution in [0, 0.1) is 17.0 Å². The van der Waals surface area contributed by atoms with Gasteiger partial charge < -0.3 is 11.1 Å². The molecule has 19 heavy (non-hydrogen) atoms. The van der Waals surface area contributed by atoms with E-state index in [0.717, 1.165) is 18.5 Å². The minimum atomic E-state index is -0.340. The molecule has 0 heterocycles. The molecule has 1 saturated carbocycles. The summed E-state index contributed by atoms with van der Waals surface area (Å²) in [6, 6.07) is 5.61. The normalized spacial score (nSPS) is 23.7. The lowest BCUT2D eigenvalue weighted by Crippen LogP contribution is -2.39. The Balaban J connectivity index is 2.13. The van der Waals surface area contributed by atoms with E-state index in [1.807, 2.05) is 6.07 Å². The van der Waals surface area contributed by atoms with Crippen LogP contribution in [-0.4, -0.2) is 17.0 Å². The summed E-state index contributed by atoms with van der Waals surface area (Å²) in [5.74, 6) is 0. The number of rotatable bonds is 3. The first-order valence-corrected chi connectivity index (χ1v) is 6.85. The maximum absolute atomic E-state index is 10.9. The molecule has 0 radical (unpaired) electrons. The Morgan fingerprint density at radius 1 is 1.32 bits per heavy atom. The van der Waals surface area contributed by atoms with E-state index in [0.29, 0.717) is 5.56 Å². The average molecular weight is 263 g/mol. The lowest BCUT2D eigenvalue weighted by atomic mass is 10.0. The van der Waals surface area contributed by atoms with Gasteiger partial charge >= 0.3 is 0 Å². The van der Waals surface area contributed by atoms with E-state index in [-0.39, 0.29) is 22.7 Å². The maximum atomic E-state index is 10.9. The second-order valence-electron chi connectivity index (χ2n) is 5.31. The van der Waals surface area contributed by atoms with Crippen LogP contribution in [-0.2, 0) is 0 Å².